The predicted molar refractivity (Wildman–Crippen MR) is 88.4 cm³/mol. The molecule has 4 nitrogen and oxygen atoms in total. The molecule has 22 heavy (non-hydrogen) atoms. The van der Waals surface area contributed by atoms with Crippen LogP contribution in [0.4, 0.5) is 0 Å². The topological polar surface area (TPSA) is 60.4 Å². The van der Waals surface area contributed by atoms with Gasteiger partial charge >= 0.3 is 0 Å². The summed E-state index contributed by atoms with van der Waals surface area (Å²) in [4.78, 5) is 0. The minimum absolute atomic E-state index is 0.0585. The van der Waals surface area contributed by atoms with Crippen molar-refractivity contribution in [3.8, 4) is 11.5 Å². The molecule has 114 valence electrons. The maximum Gasteiger partial charge on any atom is 0.138 e. The summed E-state index contributed by atoms with van der Waals surface area (Å²) in [7, 11) is 0. The van der Waals surface area contributed by atoms with Gasteiger partial charge < -0.3 is 20.1 Å². The number of benzene rings is 2. The molecule has 0 saturated carbocycles. The maximum absolute atomic E-state index is 9.56. The third-order valence-corrected chi connectivity index (χ3v) is 3.74. The Balaban J connectivity index is 2.14. The van der Waals surface area contributed by atoms with Gasteiger partial charge in [-0.3, -0.25) is 0 Å². The first-order chi connectivity index (χ1) is 10.7. The molecule has 0 spiro atoms. The van der Waals surface area contributed by atoms with E-state index < -0.39 is 0 Å². The van der Waals surface area contributed by atoms with E-state index in [1.165, 1.54) is 0 Å². The number of hydrogen-bond donors (Lipinski definition) is 2. The number of nitrogens with zero attached hydrogens (tertiary/aromatic N) is 1. The van der Waals surface area contributed by atoms with Crippen molar-refractivity contribution in [2.45, 2.75) is 13.2 Å². The summed E-state index contributed by atoms with van der Waals surface area (Å²) in [6.07, 6.45) is 0. The molecule has 0 aliphatic rings. The third-order valence-electron chi connectivity index (χ3n) is 3.52. The SMILES string of the molecule is NCCn1c(CO)cc2c(Oc3ccccc3)cc(Cl)cc21. The molecular weight excluding hydrogens is 300 g/mol. The van der Waals surface area contributed by atoms with Crippen LogP contribution in [0.5, 0.6) is 11.5 Å². The molecule has 3 N–H and O–H groups in total. The first-order valence-electron chi connectivity index (χ1n) is 7.08. The first kappa shape index (κ1) is 14.9. The largest absolute Gasteiger partial charge is 0.457 e. The molecule has 0 saturated heterocycles. The zero-order chi connectivity index (χ0) is 15.5. The molecule has 0 bridgehead atoms. The molecule has 0 aliphatic carbocycles. The lowest BCUT2D eigenvalue weighted by Gasteiger charge is -2.10. The zero-order valence-electron chi connectivity index (χ0n) is 12.0. The lowest BCUT2D eigenvalue weighted by atomic mass is 10.2. The van der Waals surface area contributed by atoms with E-state index in [-0.39, 0.29) is 6.61 Å². The van der Waals surface area contributed by atoms with Gasteiger partial charge in [0.05, 0.1) is 12.1 Å². The fourth-order valence-electron chi connectivity index (χ4n) is 2.57. The molecule has 1 aromatic heterocycles. The second-order valence-corrected chi connectivity index (χ2v) is 5.42. The fraction of sp³-hybridized carbons (Fsp3) is 0.176. The molecule has 0 amide bonds. The monoisotopic (exact) mass is 316 g/mol. The van der Waals surface area contributed by atoms with E-state index >= 15 is 0 Å². The van der Waals surface area contributed by atoms with Crippen LogP contribution in [-0.2, 0) is 13.2 Å². The molecule has 1 heterocycles. The molecule has 0 radical (unpaired) electrons. The Morgan fingerprint density at radius 2 is 1.91 bits per heavy atom. The third kappa shape index (κ3) is 2.81. The Morgan fingerprint density at radius 1 is 1.14 bits per heavy atom. The molecule has 0 atom stereocenters. The van der Waals surface area contributed by atoms with Gasteiger partial charge in [0.15, 0.2) is 0 Å². The summed E-state index contributed by atoms with van der Waals surface area (Å²) in [5.74, 6) is 1.40. The smallest absolute Gasteiger partial charge is 0.138 e. The number of aliphatic hydroxyl groups excluding tert-OH is 1. The van der Waals surface area contributed by atoms with Crippen LogP contribution in [0.1, 0.15) is 5.69 Å². The van der Waals surface area contributed by atoms with E-state index in [2.05, 4.69) is 0 Å². The van der Waals surface area contributed by atoms with Crippen molar-refractivity contribution >= 4 is 22.5 Å². The standard InChI is InChI=1S/C17H17ClN2O2/c18-12-8-16-15(10-13(11-21)20(16)7-6-19)17(9-12)22-14-4-2-1-3-5-14/h1-5,8-10,21H,6-7,11,19H2. The van der Waals surface area contributed by atoms with Crippen molar-refractivity contribution < 1.29 is 9.84 Å². The number of nitrogens with two attached hydrogens (primary N) is 1. The number of para-hydroxylation sites is 1. The van der Waals surface area contributed by atoms with Crippen molar-refractivity contribution in [1.29, 1.82) is 0 Å². The van der Waals surface area contributed by atoms with Crippen molar-refractivity contribution in [3.63, 3.8) is 0 Å². The minimum atomic E-state index is -0.0585. The maximum atomic E-state index is 9.56. The van der Waals surface area contributed by atoms with Gasteiger partial charge in [-0.15, -0.1) is 0 Å². The van der Waals surface area contributed by atoms with Gasteiger partial charge in [-0.05, 0) is 24.3 Å². The summed E-state index contributed by atoms with van der Waals surface area (Å²) >= 11 is 6.23. The highest BCUT2D eigenvalue weighted by atomic mass is 35.5. The molecule has 3 rings (SSSR count). The predicted octanol–water partition coefficient (Wildman–Crippen LogP) is 3.54. The van der Waals surface area contributed by atoms with Crippen LogP contribution in [0.3, 0.4) is 0 Å². The van der Waals surface area contributed by atoms with Gasteiger partial charge in [0.2, 0.25) is 0 Å². The lowest BCUT2D eigenvalue weighted by Crippen LogP contribution is -2.12. The van der Waals surface area contributed by atoms with Gasteiger partial charge in [-0.2, -0.15) is 0 Å². The van der Waals surface area contributed by atoms with Crippen LogP contribution < -0.4 is 10.5 Å². The number of ether oxygens (including phenoxy) is 1. The minimum Gasteiger partial charge on any atom is -0.457 e. The van der Waals surface area contributed by atoms with Crippen molar-refractivity contribution in [2.75, 3.05) is 6.54 Å². The van der Waals surface area contributed by atoms with E-state index in [9.17, 15) is 5.11 Å². The normalized spacial score (nSPS) is 11.0. The number of fused-ring (bicyclic) bond motifs is 1. The van der Waals surface area contributed by atoms with E-state index in [1.807, 2.05) is 47.0 Å². The summed E-state index contributed by atoms with van der Waals surface area (Å²) < 4.78 is 7.92. The van der Waals surface area contributed by atoms with Crippen molar-refractivity contribution in [2.24, 2.45) is 5.73 Å². The summed E-state index contributed by atoms with van der Waals surface area (Å²) in [6.45, 7) is 1.04. The lowest BCUT2D eigenvalue weighted by molar-refractivity contribution is 0.271. The van der Waals surface area contributed by atoms with E-state index in [0.717, 1.165) is 22.3 Å². The highest BCUT2D eigenvalue weighted by molar-refractivity contribution is 6.31. The Labute approximate surface area is 133 Å². The Bertz CT molecular complexity index is 784. The summed E-state index contributed by atoms with van der Waals surface area (Å²) in [5.41, 5.74) is 7.37. The van der Waals surface area contributed by atoms with Gasteiger partial charge in [-0.1, -0.05) is 29.8 Å². The van der Waals surface area contributed by atoms with Gasteiger partial charge in [0.1, 0.15) is 11.5 Å². The highest BCUT2D eigenvalue weighted by Gasteiger charge is 2.14. The van der Waals surface area contributed by atoms with E-state index in [1.54, 1.807) is 6.07 Å². The molecule has 5 heteroatoms. The second kappa shape index (κ2) is 6.40. The average Bonchev–Trinajstić information content (AvgIpc) is 2.87. The van der Waals surface area contributed by atoms with Crippen LogP contribution in [0.25, 0.3) is 10.9 Å². The molecule has 0 unspecified atom stereocenters. The second-order valence-electron chi connectivity index (χ2n) is 4.99. The number of halogens is 1. The Hall–Kier alpha value is -2.01. The Morgan fingerprint density at radius 3 is 2.59 bits per heavy atom. The molecule has 0 fully saturated rings. The van der Waals surface area contributed by atoms with Crippen molar-refractivity contribution in [1.82, 2.24) is 4.57 Å². The van der Waals surface area contributed by atoms with Gasteiger partial charge in [0, 0.05) is 35.3 Å². The number of aromatic nitrogens is 1. The van der Waals surface area contributed by atoms with Crippen LogP contribution in [0.15, 0.2) is 48.5 Å². The quantitative estimate of drug-likeness (QED) is 0.757. The summed E-state index contributed by atoms with van der Waals surface area (Å²) in [6, 6.07) is 15.1. The first-order valence-corrected chi connectivity index (χ1v) is 7.46. The number of hydrogen-bond acceptors (Lipinski definition) is 3. The van der Waals surface area contributed by atoms with Gasteiger partial charge in [0.25, 0.3) is 0 Å². The van der Waals surface area contributed by atoms with Crippen molar-refractivity contribution in [3.05, 3.63) is 59.2 Å². The summed E-state index contributed by atoms with van der Waals surface area (Å²) in [5, 5.41) is 11.1. The van der Waals surface area contributed by atoms with Crippen LogP contribution in [-0.4, -0.2) is 16.2 Å². The Kier molecular flexibility index (Phi) is 4.34. The number of rotatable bonds is 5. The highest BCUT2D eigenvalue weighted by Crippen LogP contribution is 2.35. The molecular formula is C17H17ClN2O2. The zero-order valence-corrected chi connectivity index (χ0v) is 12.8. The van der Waals surface area contributed by atoms with Crippen LogP contribution in [0, 0.1) is 0 Å². The molecule has 3 aromatic rings. The molecule has 0 aliphatic heterocycles. The van der Waals surface area contributed by atoms with Crippen LogP contribution in [0.2, 0.25) is 5.02 Å². The average molecular weight is 317 g/mol. The van der Waals surface area contributed by atoms with E-state index in [4.69, 9.17) is 22.1 Å². The van der Waals surface area contributed by atoms with Crippen LogP contribution >= 0.6 is 11.6 Å². The molecule has 2 aromatic carbocycles. The van der Waals surface area contributed by atoms with E-state index in [0.29, 0.717) is 23.9 Å². The number of aliphatic hydroxyl groups is 1. The fourth-order valence-corrected chi connectivity index (χ4v) is 2.77. The van der Waals surface area contributed by atoms with Gasteiger partial charge in [-0.25, -0.2) is 0 Å².